The van der Waals surface area contributed by atoms with E-state index in [1.54, 1.807) is 18.5 Å². The third-order valence-corrected chi connectivity index (χ3v) is 3.45. The van der Waals surface area contributed by atoms with Gasteiger partial charge >= 0.3 is 0 Å². The Balaban J connectivity index is 1.90. The van der Waals surface area contributed by atoms with Gasteiger partial charge in [-0.1, -0.05) is 0 Å². The van der Waals surface area contributed by atoms with Crippen LogP contribution in [0.3, 0.4) is 0 Å². The minimum absolute atomic E-state index is 0.167. The van der Waals surface area contributed by atoms with Gasteiger partial charge in [0.05, 0.1) is 11.2 Å². The van der Waals surface area contributed by atoms with Gasteiger partial charge in [-0.2, -0.15) is 0 Å². The van der Waals surface area contributed by atoms with E-state index in [0.717, 1.165) is 22.3 Å². The predicted molar refractivity (Wildman–Crippen MR) is 80.9 cm³/mol. The molecule has 1 N–H and O–H groups in total. The van der Waals surface area contributed by atoms with Crippen LogP contribution in [0.4, 0.5) is 14.5 Å². The lowest BCUT2D eigenvalue weighted by molar-refractivity contribution is 0.587. The van der Waals surface area contributed by atoms with Crippen LogP contribution in [-0.4, -0.2) is 9.97 Å². The molecule has 0 aliphatic heterocycles. The van der Waals surface area contributed by atoms with Crippen molar-refractivity contribution in [2.75, 3.05) is 5.32 Å². The summed E-state index contributed by atoms with van der Waals surface area (Å²) in [5.41, 5.74) is 2.37. The van der Waals surface area contributed by atoms with Gasteiger partial charge in [0.1, 0.15) is 17.2 Å². The van der Waals surface area contributed by atoms with Crippen molar-refractivity contribution >= 4 is 32.7 Å². The number of fused-ring (bicyclic) bond motifs is 1. The number of hydrogen-bond donors (Lipinski definition) is 1. The van der Waals surface area contributed by atoms with Crippen LogP contribution in [0.15, 0.2) is 47.2 Å². The van der Waals surface area contributed by atoms with Crippen LogP contribution >= 0.6 is 15.9 Å². The van der Waals surface area contributed by atoms with Gasteiger partial charge in [-0.15, -0.1) is 0 Å². The maximum atomic E-state index is 13.6. The second kappa shape index (κ2) is 5.73. The van der Waals surface area contributed by atoms with Gasteiger partial charge < -0.3 is 5.32 Å². The number of rotatable bonds is 3. The van der Waals surface area contributed by atoms with E-state index >= 15 is 0 Å². The number of nitrogens with zero attached hydrogens (tertiary/aromatic N) is 2. The molecule has 2 heterocycles. The molecule has 0 aliphatic rings. The Hall–Kier alpha value is -2.08. The Bertz CT molecular complexity index is 808. The molecule has 0 aliphatic carbocycles. The first kappa shape index (κ1) is 13.9. The van der Waals surface area contributed by atoms with Gasteiger partial charge in [0.15, 0.2) is 0 Å². The van der Waals surface area contributed by atoms with Crippen molar-refractivity contribution in [3.05, 3.63) is 64.4 Å². The maximum absolute atomic E-state index is 13.6. The average molecular weight is 350 g/mol. The smallest absolute Gasteiger partial charge is 0.128 e. The minimum Gasteiger partial charge on any atom is -0.379 e. The highest BCUT2D eigenvalue weighted by molar-refractivity contribution is 9.10. The van der Waals surface area contributed by atoms with Gasteiger partial charge in [-0.25, -0.2) is 8.78 Å². The van der Waals surface area contributed by atoms with E-state index in [0.29, 0.717) is 11.0 Å². The van der Waals surface area contributed by atoms with Gasteiger partial charge in [0, 0.05) is 29.0 Å². The molecule has 21 heavy (non-hydrogen) atoms. The second-order valence-electron chi connectivity index (χ2n) is 4.47. The number of hydrogen-bond acceptors (Lipinski definition) is 3. The molecule has 0 radical (unpaired) electrons. The van der Waals surface area contributed by atoms with Crippen LogP contribution in [0.25, 0.3) is 11.0 Å². The molecule has 0 bridgehead atoms. The highest BCUT2D eigenvalue weighted by Crippen LogP contribution is 2.23. The first-order valence-corrected chi connectivity index (χ1v) is 7.01. The largest absolute Gasteiger partial charge is 0.379 e. The van der Waals surface area contributed by atoms with Crippen molar-refractivity contribution in [3.8, 4) is 0 Å². The Kier molecular flexibility index (Phi) is 3.79. The molecule has 0 spiro atoms. The first-order valence-electron chi connectivity index (χ1n) is 6.21. The molecule has 1 aromatic carbocycles. The van der Waals surface area contributed by atoms with Gasteiger partial charge in [-0.05, 0) is 46.3 Å². The monoisotopic (exact) mass is 349 g/mol. The van der Waals surface area contributed by atoms with Gasteiger partial charge in [-0.3, -0.25) is 9.97 Å². The normalized spacial score (nSPS) is 10.8. The van der Waals surface area contributed by atoms with Crippen LogP contribution in [0, 0.1) is 11.6 Å². The fraction of sp³-hybridized carbons (Fsp3) is 0.0667. The lowest BCUT2D eigenvalue weighted by Crippen LogP contribution is -2.03. The Labute approximate surface area is 128 Å². The molecule has 3 aromatic rings. The molecule has 3 rings (SSSR count). The molecule has 106 valence electrons. The molecular formula is C15H10BrF2N3. The molecule has 0 amide bonds. The van der Waals surface area contributed by atoms with Crippen LogP contribution in [0.2, 0.25) is 0 Å². The number of aromatic nitrogens is 2. The fourth-order valence-corrected chi connectivity index (χ4v) is 2.34. The first-order chi connectivity index (χ1) is 10.1. The lowest BCUT2D eigenvalue weighted by Gasteiger charge is -2.09. The summed E-state index contributed by atoms with van der Waals surface area (Å²) in [5.74, 6) is -0.909. The minimum atomic E-state index is -0.463. The Morgan fingerprint density at radius 1 is 1.10 bits per heavy atom. The molecule has 6 heteroatoms. The van der Waals surface area contributed by atoms with Gasteiger partial charge in [0.25, 0.3) is 0 Å². The summed E-state index contributed by atoms with van der Waals surface area (Å²) in [7, 11) is 0. The van der Waals surface area contributed by atoms with Gasteiger partial charge in [0.2, 0.25) is 0 Å². The zero-order valence-corrected chi connectivity index (χ0v) is 12.4. The summed E-state index contributed by atoms with van der Waals surface area (Å²) in [4.78, 5) is 8.52. The number of nitrogens with one attached hydrogen (secondary N) is 1. The average Bonchev–Trinajstić information content (AvgIpc) is 2.47. The lowest BCUT2D eigenvalue weighted by atomic mass is 10.2. The van der Waals surface area contributed by atoms with Crippen molar-refractivity contribution in [2.45, 2.75) is 6.54 Å². The number of benzene rings is 1. The summed E-state index contributed by atoms with van der Waals surface area (Å²) in [6.45, 7) is 0.167. The highest BCUT2D eigenvalue weighted by atomic mass is 79.9. The number of anilines is 1. The van der Waals surface area contributed by atoms with Crippen LogP contribution < -0.4 is 5.32 Å². The molecule has 0 unspecified atom stereocenters. The summed E-state index contributed by atoms with van der Waals surface area (Å²) in [6, 6.07) is 6.98. The summed E-state index contributed by atoms with van der Waals surface area (Å²) in [6.07, 6.45) is 3.30. The van der Waals surface area contributed by atoms with E-state index in [2.05, 4.69) is 31.2 Å². The van der Waals surface area contributed by atoms with E-state index in [-0.39, 0.29) is 12.1 Å². The molecule has 0 atom stereocenters. The maximum Gasteiger partial charge on any atom is 0.128 e. The standard InChI is InChI=1S/C15H10BrF2N3/c16-10-6-14-15(21-8-10)13(3-4-19-14)20-7-9-5-11(17)1-2-12(9)18/h1-6,8H,7H2,(H,19,20). The van der Waals surface area contributed by atoms with E-state index in [1.807, 2.05) is 6.07 Å². The fourth-order valence-electron chi connectivity index (χ4n) is 2.02. The van der Waals surface area contributed by atoms with Crippen molar-refractivity contribution < 1.29 is 8.78 Å². The van der Waals surface area contributed by atoms with Crippen molar-refractivity contribution in [2.24, 2.45) is 0 Å². The zero-order chi connectivity index (χ0) is 14.8. The topological polar surface area (TPSA) is 37.8 Å². The Morgan fingerprint density at radius 3 is 2.81 bits per heavy atom. The molecule has 0 fully saturated rings. The number of pyridine rings is 2. The SMILES string of the molecule is Fc1ccc(F)c(CNc2ccnc3cc(Br)cnc23)c1. The van der Waals surface area contributed by atoms with Crippen molar-refractivity contribution in [3.63, 3.8) is 0 Å². The third-order valence-electron chi connectivity index (χ3n) is 3.02. The molecule has 3 nitrogen and oxygen atoms in total. The second-order valence-corrected chi connectivity index (χ2v) is 5.38. The van der Waals surface area contributed by atoms with E-state index in [1.165, 1.54) is 6.07 Å². The zero-order valence-electron chi connectivity index (χ0n) is 10.8. The molecule has 0 saturated carbocycles. The van der Waals surface area contributed by atoms with E-state index in [9.17, 15) is 8.78 Å². The van der Waals surface area contributed by atoms with Crippen molar-refractivity contribution in [1.82, 2.24) is 9.97 Å². The van der Waals surface area contributed by atoms with E-state index < -0.39 is 11.6 Å². The van der Waals surface area contributed by atoms with Crippen LogP contribution in [-0.2, 0) is 6.54 Å². The van der Waals surface area contributed by atoms with Crippen LogP contribution in [0.5, 0.6) is 0 Å². The summed E-state index contributed by atoms with van der Waals surface area (Å²) in [5, 5.41) is 3.07. The third kappa shape index (κ3) is 3.00. The quantitative estimate of drug-likeness (QED) is 0.766. The Morgan fingerprint density at radius 2 is 1.95 bits per heavy atom. The molecule has 2 aromatic heterocycles. The van der Waals surface area contributed by atoms with Crippen LogP contribution in [0.1, 0.15) is 5.56 Å². The van der Waals surface area contributed by atoms with Crippen molar-refractivity contribution in [1.29, 1.82) is 0 Å². The predicted octanol–water partition coefficient (Wildman–Crippen LogP) is 4.28. The molecule has 0 saturated heterocycles. The summed E-state index contributed by atoms with van der Waals surface area (Å²) < 4.78 is 27.6. The van der Waals surface area contributed by atoms with E-state index in [4.69, 9.17) is 0 Å². The summed E-state index contributed by atoms with van der Waals surface area (Å²) >= 11 is 3.34. The highest BCUT2D eigenvalue weighted by Gasteiger charge is 2.07. The number of halogens is 3. The molecular weight excluding hydrogens is 340 g/mol.